The van der Waals surface area contributed by atoms with Crippen molar-refractivity contribution in [2.45, 2.75) is 213 Å². The third kappa shape index (κ3) is 29.6. The topological polar surface area (TPSA) is 55.4 Å². The number of rotatable bonds is 34. The third-order valence-electron chi connectivity index (χ3n) is 9.43. The summed E-state index contributed by atoms with van der Waals surface area (Å²) < 4.78 is 5.05. The minimum atomic E-state index is -0.313. The van der Waals surface area contributed by atoms with Gasteiger partial charge in [0.25, 0.3) is 0 Å². The van der Waals surface area contributed by atoms with E-state index in [2.05, 4.69) is 12.2 Å². The molecule has 46 heavy (non-hydrogen) atoms. The minimum absolute atomic E-state index is 0.154. The molecule has 0 bridgehead atoms. The van der Waals surface area contributed by atoms with Crippen molar-refractivity contribution >= 4 is 11.9 Å². The summed E-state index contributed by atoms with van der Waals surface area (Å²) in [6.07, 6.45) is 42.2. The van der Waals surface area contributed by atoms with Gasteiger partial charge in [-0.3, -0.25) is 9.59 Å². The summed E-state index contributed by atoms with van der Waals surface area (Å²) in [5, 5.41) is 3.03. The quantitative estimate of drug-likeness (QED) is 0.0463. The van der Waals surface area contributed by atoms with Crippen LogP contribution in [0.15, 0.2) is 24.3 Å². The van der Waals surface area contributed by atoms with Crippen LogP contribution in [-0.2, 0) is 16.0 Å². The van der Waals surface area contributed by atoms with Gasteiger partial charge in [-0.1, -0.05) is 199 Å². The zero-order valence-electron chi connectivity index (χ0n) is 30.7. The molecule has 1 N–H and O–H groups in total. The molecule has 0 unspecified atom stereocenters. The Balaban J connectivity index is 1.71. The van der Waals surface area contributed by atoms with E-state index in [4.69, 9.17) is 4.74 Å². The summed E-state index contributed by atoms with van der Waals surface area (Å²) in [6.45, 7) is 4.34. The molecule has 1 aromatic rings. The highest BCUT2D eigenvalue weighted by molar-refractivity contribution is 5.75. The molecule has 0 radical (unpaired) electrons. The molecule has 0 fully saturated rings. The molecule has 0 saturated carbocycles. The molecule has 1 rings (SSSR count). The van der Waals surface area contributed by atoms with Crippen LogP contribution in [0.4, 0.5) is 0 Å². The highest BCUT2D eigenvalue weighted by Gasteiger charge is 2.03. The van der Waals surface area contributed by atoms with Gasteiger partial charge in [0.2, 0.25) is 5.91 Å². The van der Waals surface area contributed by atoms with Crippen molar-refractivity contribution in [3.8, 4) is 5.75 Å². The average Bonchev–Trinajstić information content (AvgIpc) is 3.04. The second kappa shape index (κ2) is 33.1. The van der Waals surface area contributed by atoms with Crippen LogP contribution in [0.2, 0.25) is 0 Å². The Morgan fingerprint density at radius 3 is 1.15 bits per heavy atom. The van der Waals surface area contributed by atoms with Gasteiger partial charge in [-0.15, -0.1) is 0 Å². The number of unbranched alkanes of at least 4 members (excludes halogenated alkanes) is 28. The zero-order chi connectivity index (χ0) is 33.2. The smallest absolute Gasteiger partial charge is 0.308 e. The van der Waals surface area contributed by atoms with Crippen molar-refractivity contribution in [1.82, 2.24) is 5.32 Å². The van der Waals surface area contributed by atoms with Crippen molar-refractivity contribution in [3.05, 3.63) is 29.8 Å². The molecule has 0 aromatic heterocycles. The molecule has 1 amide bonds. The van der Waals surface area contributed by atoms with Crippen molar-refractivity contribution in [2.24, 2.45) is 0 Å². The molecule has 1 aromatic carbocycles. The first-order valence-corrected chi connectivity index (χ1v) is 20.2. The lowest BCUT2D eigenvalue weighted by molar-refractivity contribution is -0.131. The molecule has 0 spiro atoms. The lowest BCUT2D eigenvalue weighted by atomic mass is 10.0. The summed E-state index contributed by atoms with van der Waals surface area (Å²) >= 11 is 0. The highest BCUT2D eigenvalue weighted by Crippen LogP contribution is 2.17. The minimum Gasteiger partial charge on any atom is -0.427 e. The first-order chi connectivity index (χ1) is 22.6. The number of ether oxygens (including phenoxy) is 1. The molecule has 0 saturated heterocycles. The molecular weight excluding hydrogens is 566 g/mol. The van der Waals surface area contributed by atoms with E-state index in [0.717, 1.165) is 24.8 Å². The van der Waals surface area contributed by atoms with Crippen LogP contribution in [0.1, 0.15) is 212 Å². The maximum Gasteiger partial charge on any atom is 0.308 e. The number of carbonyl (C=O) groups is 2. The van der Waals surface area contributed by atoms with E-state index in [1.165, 1.54) is 180 Å². The fourth-order valence-electron chi connectivity index (χ4n) is 6.46. The van der Waals surface area contributed by atoms with Crippen molar-refractivity contribution in [1.29, 1.82) is 0 Å². The maximum absolute atomic E-state index is 12.1. The van der Waals surface area contributed by atoms with Crippen molar-refractivity contribution in [2.75, 3.05) is 6.54 Å². The standard InChI is InChI=1S/C42H75NO3/c1-3-4-5-6-7-8-9-10-11-12-13-14-15-16-17-18-19-20-21-22-23-24-25-26-27-28-29-30-31-32-42(45)43-38-37-40-33-35-41(36-34-40)46-39(2)44/h33-36H,3-32,37-38H2,1-2H3,(H,43,45). The summed E-state index contributed by atoms with van der Waals surface area (Å²) in [7, 11) is 0. The molecule has 0 atom stereocenters. The van der Waals surface area contributed by atoms with Gasteiger partial charge in [-0.2, -0.15) is 0 Å². The SMILES string of the molecule is CCCCCCCCCCCCCCCCCCCCCCCCCCCCCCCC(=O)NCCc1ccc(OC(C)=O)cc1. The number of nitrogens with one attached hydrogen (secondary N) is 1. The van der Waals surface area contributed by atoms with Crippen LogP contribution in [-0.4, -0.2) is 18.4 Å². The monoisotopic (exact) mass is 642 g/mol. The van der Waals surface area contributed by atoms with E-state index in [1.54, 1.807) is 12.1 Å². The van der Waals surface area contributed by atoms with Gasteiger partial charge in [-0.05, 0) is 30.5 Å². The van der Waals surface area contributed by atoms with Gasteiger partial charge in [0.05, 0.1) is 0 Å². The lowest BCUT2D eigenvalue weighted by Gasteiger charge is -2.07. The Hall–Kier alpha value is -1.84. The van der Waals surface area contributed by atoms with Gasteiger partial charge in [0.1, 0.15) is 5.75 Å². The van der Waals surface area contributed by atoms with Crippen LogP contribution in [0.3, 0.4) is 0 Å². The van der Waals surface area contributed by atoms with Crippen molar-refractivity contribution in [3.63, 3.8) is 0 Å². The predicted molar refractivity (Wildman–Crippen MR) is 199 cm³/mol. The van der Waals surface area contributed by atoms with Crippen molar-refractivity contribution < 1.29 is 14.3 Å². The van der Waals surface area contributed by atoms with E-state index < -0.39 is 0 Å². The van der Waals surface area contributed by atoms with E-state index in [0.29, 0.717) is 18.7 Å². The molecule has 4 nitrogen and oxygen atoms in total. The number of hydrogen-bond acceptors (Lipinski definition) is 3. The fraction of sp³-hybridized carbons (Fsp3) is 0.810. The van der Waals surface area contributed by atoms with Crippen LogP contribution < -0.4 is 10.1 Å². The number of benzene rings is 1. The summed E-state index contributed by atoms with van der Waals surface area (Å²) in [6, 6.07) is 7.46. The predicted octanol–water partition coefficient (Wildman–Crippen LogP) is 13.0. The molecule has 0 aliphatic heterocycles. The van der Waals surface area contributed by atoms with Gasteiger partial charge in [0.15, 0.2) is 0 Å². The van der Waals surface area contributed by atoms with Gasteiger partial charge in [0, 0.05) is 19.9 Å². The summed E-state index contributed by atoms with van der Waals surface area (Å²) in [5.74, 6) is 0.398. The van der Waals surface area contributed by atoms with Gasteiger partial charge >= 0.3 is 5.97 Å². The van der Waals surface area contributed by atoms with E-state index >= 15 is 0 Å². The molecule has 4 heteroatoms. The lowest BCUT2D eigenvalue weighted by Crippen LogP contribution is -2.25. The van der Waals surface area contributed by atoms with E-state index in [1.807, 2.05) is 12.1 Å². The molecular formula is C42H75NO3. The Morgan fingerprint density at radius 1 is 0.500 bits per heavy atom. The summed E-state index contributed by atoms with van der Waals surface area (Å²) in [5.41, 5.74) is 1.12. The average molecular weight is 642 g/mol. The van der Waals surface area contributed by atoms with E-state index in [-0.39, 0.29) is 11.9 Å². The molecule has 266 valence electrons. The fourth-order valence-corrected chi connectivity index (χ4v) is 6.46. The largest absolute Gasteiger partial charge is 0.427 e. The number of amides is 1. The third-order valence-corrected chi connectivity index (χ3v) is 9.43. The number of esters is 1. The maximum atomic E-state index is 12.1. The second-order valence-corrected chi connectivity index (χ2v) is 14.0. The molecule has 0 heterocycles. The Kier molecular flexibility index (Phi) is 30.3. The van der Waals surface area contributed by atoms with E-state index in [9.17, 15) is 9.59 Å². The van der Waals surface area contributed by atoms with Gasteiger partial charge in [-0.25, -0.2) is 0 Å². The zero-order valence-corrected chi connectivity index (χ0v) is 30.7. The second-order valence-electron chi connectivity index (χ2n) is 14.0. The molecule has 0 aliphatic carbocycles. The summed E-state index contributed by atoms with van der Waals surface area (Å²) in [4.78, 5) is 23.1. The van der Waals surface area contributed by atoms with Crippen LogP contribution in [0, 0.1) is 0 Å². The number of carbonyl (C=O) groups excluding carboxylic acids is 2. The highest BCUT2D eigenvalue weighted by atomic mass is 16.5. The van der Waals surface area contributed by atoms with Crippen LogP contribution in [0.5, 0.6) is 5.75 Å². The normalized spacial score (nSPS) is 11.2. The Morgan fingerprint density at radius 2 is 0.826 bits per heavy atom. The molecule has 0 aliphatic rings. The Labute approximate surface area is 286 Å². The first kappa shape index (κ1) is 42.2. The first-order valence-electron chi connectivity index (χ1n) is 20.2. The van der Waals surface area contributed by atoms with Gasteiger partial charge < -0.3 is 10.1 Å². The Bertz CT molecular complexity index is 806. The van der Waals surface area contributed by atoms with Crippen LogP contribution in [0.25, 0.3) is 0 Å². The number of hydrogen-bond donors (Lipinski definition) is 1. The van der Waals surface area contributed by atoms with Crippen LogP contribution >= 0.6 is 0 Å².